The summed E-state index contributed by atoms with van der Waals surface area (Å²) in [6.07, 6.45) is -0.231. The molecule has 0 saturated carbocycles. The molecule has 0 N–H and O–H groups in total. The molecule has 1 aliphatic rings. The van der Waals surface area contributed by atoms with Gasteiger partial charge in [0, 0.05) is 5.41 Å². The highest BCUT2D eigenvalue weighted by molar-refractivity contribution is 5.64. The van der Waals surface area contributed by atoms with Crippen molar-refractivity contribution in [1.82, 2.24) is 0 Å². The standard InChI is InChI=1S/C9H9F3O/c1-8(6-13)4-2-7(3-5-8)9(10,11)12/h2-4,6H,5H2,1H3. The Balaban J connectivity index is 2.82. The van der Waals surface area contributed by atoms with Crippen LogP contribution in [0.15, 0.2) is 23.8 Å². The number of allylic oxidation sites excluding steroid dienone is 4. The number of hydrogen-bond acceptors (Lipinski definition) is 1. The molecule has 72 valence electrons. The van der Waals surface area contributed by atoms with Crippen LogP contribution in [0.4, 0.5) is 13.2 Å². The van der Waals surface area contributed by atoms with Crippen molar-refractivity contribution < 1.29 is 18.0 Å². The average Bonchev–Trinajstić information content (AvgIpc) is 2.04. The smallest absolute Gasteiger partial charge is 0.302 e. The van der Waals surface area contributed by atoms with E-state index >= 15 is 0 Å². The first kappa shape index (κ1) is 10.0. The summed E-state index contributed by atoms with van der Waals surface area (Å²) in [7, 11) is 0. The van der Waals surface area contributed by atoms with Crippen LogP contribution < -0.4 is 0 Å². The lowest BCUT2D eigenvalue weighted by Gasteiger charge is -2.21. The minimum atomic E-state index is -4.30. The molecule has 0 heterocycles. The Kier molecular flexibility index (Phi) is 2.32. The molecule has 0 saturated heterocycles. The zero-order chi connectivity index (χ0) is 10.1. The predicted octanol–water partition coefficient (Wildman–Crippen LogP) is 2.64. The van der Waals surface area contributed by atoms with Crippen LogP contribution in [0, 0.1) is 5.41 Å². The molecule has 0 aromatic heterocycles. The van der Waals surface area contributed by atoms with Gasteiger partial charge in [0.2, 0.25) is 0 Å². The molecule has 0 spiro atoms. The molecule has 13 heavy (non-hydrogen) atoms. The number of halogens is 3. The summed E-state index contributed by atoms with van der Waals surface area (Å²) in [4.78, 5) is 10.5. The average molecular weight is 190 g/mol. The summed E-state index contributed by atoms with van der Waals surface area (Å²) in [5.74, 6) is 0. The lowest BCUT2D eigenvalue weighted by Crippen LogP contribution is -2.20. The van der Waals surface area contributed by atoms with Crippen LogP contribution >= 0.6 is 0 Å². The van der Waals surface area contributed by atoms with Crippen LogP contribution in [0.25, 0.3) is 0 Å². The third-order valence-corrected chi connectivity index (χ3v) is 2.00. The molecule has 0 amide bonds. The van der Waals surface area contributed by atoms with Crippen LogP contribution in [0.3, 0.4) is 0 Å². The molecule has 0 fully saturated rings. The van der Waals surface area contributed by atoms with E-state index in [0.29, 0.717) is 6.29 Å². The molecule has 0 aromatic carbocycles. The summed E-state index contributed by atoms with van der Waals surface area (Å²) >= 11 is 0. The van der Waals surface area contributed by atoms with Crippen molar-refractivity contribution in [2.24, 2.45) is 5.41 Å². The monoisotopic (exact) mass is 190 g/mol. The zero-order valence-electron chi connectivity index (χ0n) is 7.06. The van der Waals surface area contributed by atoms with Gasteiger partial charge in [0.05, 0.1) is 5.57 Å². The van der Waals surface area contributed by atoms with Gasteiger partial charge in [-0.05, 0) is 13.3 Å². The maximum Gasteiger partial charge on any atom is 0.416 e. The fourth-order valence-corrected chi connectivity index (χ4v) is 1.04. The van der Waals surface area contributed by atoms with Gasteiger partial charge in [0.25, 0.3) is 0 Å². The minimum absolute atomic E-state index is 0.113. The third-order valence-electron chi connectivity index (χ3n) is 2.00. The van der Waals surface area contributed by atoms with E-state index in [4.69, 9.17) is 0 Å². The highest BCUT2D eigenvalue weighted by Gasteiger charge is 2.35. The van der Waals surface area contributed by atoms with Gasteiger partial charge >= 0.3 is 6.18 Å². The van der Waals surface area contributed by atoms with Crippen molar-refractivity contribution >= 4 is 6.29 Å². The fraction of sp³-hybridized carbons (Fsp3) is 0.444. The molecule has 0 radical (unpaired) electrons. The molecule has 4 heteroatoms. The van der Waals surface area contributed by atoms with Crippen molar-refractivity contribution in [2.45, 2.75) is 19.5 Å². The Morgan fingerprint density at radius 2 is 2.15 bits per heavy atom. The van der Waals surface area contributed by atoms with E-state index in [1.54, 1.807) is 6.92 Å². The molecule has 1 nitrogen and oxygen atoms in total. The van der Waals surface area contributed by atoms with E-state index in [1.165, 1.54) is 6.08 Å². The maximum atomic E-state index is 12.1. The molecule has 1 rings (SSSR count). The van der Waals surface area contributed by atoms with E-state index in [0.717, 1.165) is 12.2 Å². The van der Waals surface area contributed by atoms with Gasteiger partial charge in [-0.1, -0.05) is 18.2 Å². The van der Waals surface area contributed by atoms with Crippen LogP contribution in [0.2, 0.25) is 0 Å². The summed E-state index contributed by atoms with van der Waals surface area (Å²) < 4.78 is 36.3. The Hall–Kier alpha value is -1.06. The molecule has 0 aliphatic heterocycles. The second-order valence-corrected chi connectivity index (χ2v) is 3.32. The molecule has 0 aromatic rings. The lowest BCUT2D eigenvalue weighted by molar-refractivity contribution is -0.113. The van der Waals surface area contributed by atoms with Gasteiger partial charge in [0.1, 0.15) is 6.29 Å². The number of hydrogen-bond donors (Lipinski definition) is 0. The van der Waals surface area contributed by atoms with E-state index in [1.807, 2.05) is 0 Å². The normalized spacial score (nSPS) is 28.5. The molecule has 0 bridgehead atoms. The van der Waals surface area contributed by atoms with Crippen LogP contribution in [-0.4, -0.2) is 12.5 Å². The van der Waals surface area contributed by atoms with Gasteiger partial charge < -0.3 is 4.79 Å². The summed E-state index contributed by atoms with van der Waals surface area (Å²) in [5.41, 5.74) is -1.44. The molecule has 1 atom stereocenters. The second-order valence-electron chi connectivity index (χ2n) is 3.32. The molecular weight excluding hydrogens is 181 g/mol. The first-order valence-electron chi connectivity index (χ1n) is 3.80. The molecule has 1 aliphatic carbocycles. The van der Waals surface area contributed by atoms with Gasteiger partial charge in [-0.15, -0.1) is 0 Å². The highest BCUT2D eigenvalue weighted by atomic mass is 19.4. The summed E-state index contributed by atoms with van der Waals surface area (Å²) in [6, 6.07) is 0. The van der Waals surface area contributed by atoms with E-state index in [9.17, 15) is 18.0 Å². The van der Waals surface area contributed by atoms with Crippen molar-refractivity contribution in [3.8, 4) is 0 Å². The quantitative estimate of drug-likeness (QED) is 0.581. The Morgan fingerprint density at radius 3 is 2.46 bits per heavy atom. The van der Waals surface area contributed by atoms with Gasteiger partial charge in [-0.2, -0.15) is 13.2 Å². The highest BCUT2D eigenvalue weighted by Crippen LogP contribution is 2.34. The summed E-state index contributed by atoms with van der Waals surface area (Å²) in [5, 5.41) is 0. The van der Waals surface area contributed by atoms with E-state index in [2.05, 4.69) is 0 Å². The Bertz CT molecular complexity index is 275. The molecular formula is C9H9F3O. The number of carbonyl (C=O) groups excluding carboxylic acids is 1. The summed E-state index contributed by atoms with van der Waals surface area (Å²) in [6.45, 7) is 1.60. The predicted molar refractivity (Wildman–Crippen MR) is 42.1 cm³/mol. The Labute approximate surface area is 73.9 Å². The maximum absolute atomic E-state index is 12.1. The van der Waals surface area contributed by atoms with E-state index in [-0.39, 0.29) is 6.42 Å². The molecule has 1 unspecified atom stereocenters. The number of rotatable bonds is 1. The van der Waals surface area contributed by atoms with Crippen LogP contribution in [0.5, 0.6) is 0 Å². The van der Waals surface area contributed by atoms with Gasteiger partial charge in [-0.25, -0.2) is 0 Å². The number of alkyl halides is 3. The Morgan fingerprint density at radius 1 is 1.54 bits per heavy atom. The first-order chi connectivity index (χ1) is 5.87. The second kappa shape index (κ2) is 3.01. The third kappa shape index (κ3) is 2.20. The lowest BCUT2D eigenvalue weighted by atomic mass is 9.83. The first-order valence-corrected chi connectivity index (χ1v) is 3.80. The van der Waals surface area contributed by atoms with Crippen molar-refractivity contribution in [2.75, 3.05) is 0 Å². The number of carbonyl (C=O) groups is 1. The largest absolute Gasteiger partial charge is 0.416 e. The van der Waals surface area contributed by atoms with Crippen molar-refractivity contribution in [1.29, 1.82) is 0 Å². The van der Waals surface area contributed by atoms with E-state index < -0.39 is 17.2 Å². The minimum Gasteiger partial charge on any atom is -0.302 e. The number of aldehydes is 1. The van der Waals surface area contributed by atoms with Crippen molar-refractivity contribution in [3.63, 3.8) is 0 Å². The van der Waals surface area contributed by atoms with Gasteiger partial charge in [0.15, 0.2) is 0 Å². The van der Waals surface area contributed by atoms with Crippen LogP contribution in [0.1, 0.15) is 13.3 Å². The van der Waals surface area contributed by atoms with Gasteiger partial charge in [-0.3, -0.25) is 0 Å². The zero-order valence-corrected chi connectivity index (χ0v) is 7.06. The topological polar surface area (TPSA) is 17.1 Å². The SMILES string of the molecule is CC1(C=O)C=CC(C(F)(F)F)=CC1. The fourth-order valence-electron chi connectivity index (χ4n) is 1.04. The van der Waals surface area contributed by atoms with Crippen LogP contribution in [-0.2, 0) is 4.79 Å². The van der Waals surface area contributed by atoms with Crippen molar-refractivity contribution in [3.05, 3.63) is 23.8 Å².